The van der Waals surface area contributed by atoms with Crippen LogP contribution in [0.3, 0.4) is 0 Å². The lowest BCUT2D eigenvalue weighted by Gasteiger charge is -2.09. The summed E-state index contributed by atoms with van der Waals surface area (Å²) in [6.45, 7) is 2.86. The zero-order chi connectivity index (χ0) is 13.0. The van der Waals surface area contributed by atoms with E-state index in [4.69, 9.17) is 10.5 Å². The van der Waals surface area contributed by atoms with Gasteiger partial charge in [-0.2, -0.15) is 0 Å². The third-order valence-electron chi connectivity index (χ3n) is 2.61. The second kappa shape index (κ2) is 5.73. The lowest BCUT2D eigenvalue weighted by molar-refractivity contribution is 0.417. The van der Waals surface area contributed by atoms with E-state index in [1.165, 1.54) is 0 Å². The first-order valence-corrected chi connectivity index (χ1v) is 6.65. The summed E-state index contributed by atoms with van der Waals surface area (Å²) in [5.41, 5.74) is 8.55. The number of rotatable bonds is 5. The number of nitrogen functional groups attached to an aromatic ring is 1. The summed E-state index contributed by atoms with van der Waals surface area (Å²) in [5, 5.41) is 6.54. The van der Waals surface area contributed by atoms with Crippen molar-refractivity contribution in [3.63, 3.8) is 0 Å². The molecule has 0 saturated heterocycles. The first kappa shape index (κ1) is 12.7. The molecular formula is C13H17N3OS. The van der Waals surface area contributed by atoms with Crippen molar-refractivity contribution in [2.24, 2.45) is 0 Å². The normalized spacial score (nSPS) is 10.3. The highest BCUT2D eigenvalue weighted by Gasteiger charge is 2.01. The van der Waals surface area contributed by atoms with Crippen LogP contribution in [0.25, 0.3) is 0 Å². The maximum atomic E-state index is 5.76. The van der Waals surface area contributed by atoms with Gasteiger partial charge in [-0.25, -0.2) is 4.98 Å². The molecule has 1 heterocycles. The fraction of sp³-hybridized carbons (Fsp3) is 0.308. The number of anilines is 2. The Morgan fingerprint density at radius 3 is 2.94 bits per heavy atom. The van der Waals surface area contributed by atoms with E-state index in [1.54, 1.807) is 18.4 Å². The Bertz CT molecular complexity index is 525. The fourth-order valence-electron chi connectivity index (χ4n) is 1.68. The molecular weight excluding hydrogens is 246 g/mol. The molecule has 0 amide bonds. The van der Waals surface area contributed by atoms with Crippen LogP contribution in [0, 0.1) is 6.92 Å². The summed E-state index contributed by atoms with van der Waals surface area (Å²) in [4.78, 5) is 4.42. The molecule has 96 valence electrons. The summed E-state index contributed by atoms with van der Waals surface area (Å²) in [5.74, 6) is 0.699. The smallest absolute Gasteiger partial charge is 0.143 e. The highest BCUT2D eigenvalue weighted by atomic mass is 32.1. The number of hydrogen-bond acceptors (Lipinski definition) is 5. The minimum absolute atomic E-state index is 0.651. The van der Waals surface area contributed by atoms with Gasteiger partial charge in [-0.15, -0.1) is 11.3 Å². The van der Waals surface area contributed by atoms with Gasteiger partial charge >= 0.3 is 0 Å². The number of nitrogens with zero attached hydrogens (tertiary/aromatic N) is 1. The molecule has 0 spiro atoms. The van der Waals surface area contributed by atoms with Crippen LogP contribution in [0.15, 0.2) is 23.6 Å². The minimum atomic E-state index is 0.651. The molecule has 0 atom stereocenters. The number of ether oxygens (including phenoxy) is 1. The van der Waals surface area contributed by atoms with Crippen LogP contribution in [-0.2, 0) is 6.42 Å². The zero-order valence-corrected chi connectivity index (χ0v) is 11.4. The molecule has 5 heteroatoms. The van der Waals surface area contributed by atoms with Crippen LogP contribution in [-0.4, -0.2) is 18.6 Å². The number of benzene rings is 1. The van der Waals surface area contributed by atoms with Crippen molar-refractivity contribution in [3.05, 3.63) is 34.3 Å². The first-order chi connectivity index (χ1) is 8.69. The molecule has 0 fully saturated rings. The summed E-state index contributed by atoms with van der Waals surface area (Å²) < 4.78 is 5.18. The van der Waals surface area contributed by atoms with Gasteiger partial charge in [0.15, 0.2) is 0 Å². The van der Waals surface area contributed by atoms with E-state index in [-0.39, 0.29) is 0 Å². The number of methoxy groups -OCH3 is 1. The minimum Gasteiger partial charge on any atom is -0.495 e. The predicted octanol–water partition coefficient (Wildman–Crippen LogP) is 2.70. The van der Waals surface area contributed by atoms with Crippen LogP contribution in [0.5, 0.6) is 5.75 Å². The number of nitrogens with one attached hydrogen (secondary N) is 1. The van der Waals surface area contributed by atoms with Crippen LogP contribution < -0.4 is 15.8 Å². The van der Waals surface area contributed by atoms with Gasteiger partial charge in [0.05, 0.1) is 23.5 Å². The second-order valence-electron chi connectivity index (χ2n) is 3.99. The average molecular weight is 263 g/mol. The largest absolute Gasteiger partial charge is 0.495 e. The number of hydrogen-bond donors (Lipinski definition) is 2. The van der Waals surface area contributed by atoms with E-state index in [1.807, 2.05) is 25.1 Å². The Morgan fingerprint density at radius 2 is 2.28 bits per heavy atom. The molecule has 0 aliphatic rings. The molecule has 18 heavy (non-hydrogen) atoms. The summed E-state index contributed by atoms with van der Waals surface area (Å²) in [6, 6.07) is 5.69. The van der Waals surface area contributed by atoms with E-state index in [9.17, 15) is 0 Å². The topological polar surface area (TPSA) is 60.2 Å². The van der Waals surface area contributed by atoms with Crippen molar-refractivity contribution >= 4 is 22.7 Å². The number of thiazole rings is 1. The summed E-state index contributed by atoms with van der Waals surface area (Å²) in [7, 11) is 1.62. The number of aromatic nitrogens is 1. The summed E-state index contributed by atoms with van der Waals surface area (Å²) in [6.07, 6.45) is 0.914. The molecule has 0 radical (unpaired) electrons. The second-order valence-corrected chi connectivity index (χ2v) is 5.05. The molecule has 0 aliphatic heterocycles. The maximum absolute atomic E-state index is 5.76. The Kier molecular flexibility index (Phi) is 4.04. The van der Waals surface area contributed by atoms with Crippen molar-refractivity contribution in [2.45, 2.75) is 13.3 Å². The van der Waals surface area contributed by atoms with Crippen molar-refractivity contribution in [1.82, 2.24) is 4.98 Å². The fourth-order valence-corrected chi connectivity index (χ4v) is 2.33. The van der Waals surface area contributed by atoms with Crippen molar-refractivity contribution < 1.29 is 4.74 Å². The maximum Gasteiger partial charge on any atom is 0.143 e. The Balaban J connectivity index is 1.90. The Labute approximate surface area is 111 Å². The van der Waals surface area contributed by atoms with Gasteiger partial charge in [-0.3, -0.25) is 0 Å². The van der Waals surface area contributed by atoms with E-state index >= 15 is 0 Å². The highest BCUT2D eigenvalue weighted by molar-refractivity contribution is 7.09. The van der Waals surface area contributed by atoms with Crippen LogP contribution in [0.4, 0.5) is 11.4 Å². The molecule has 0 bridgehead atoms. The highest BCUT2D eigenvalue weighted by Crippen LogP contribution is 2.24. The lowest BCUT2D eigenvalue weighted by atomic mass is 10.2. The van der Waals surface area contributed by atoms with Gasteiger partial charge < -0.3 is 15.8 Å². The van der Waals surface area contributed by atoms with E-state index in [2.05, 4.69) is 15.7 Å². The molecule has 2 aromatic rings. The molecule has 4 nitrogen and oxygen atoms in total. The van der Waals surface area contributed by atoms with Gasteiger partial charge in [0.25, 0.3) is 0 Å². The van der Waals surface area contributed by atoms with Crippen molar-refractivity contribution in [2.75, 3.05) is 24.7 Å². The standard InChI is InChI=1S/C13H17N3OS/c1-9-16-11(8-18-9)5-6-15-10-3-4-12(14)13(7-10)17-2/h3-4,7-8,15H,5-6,14H2,1-2H3. The Morgan fingerprint density at radius 1 is 1.44 bits per heavy atom. The van der Waals surface area contributed by atoms with E-state index in [0.717, 1.165) is 29.4 Å². The van der Waals surface area contributed by atoms with Crippen LogP contribution >= 0.6 is 11.3 Å². The first-order valence-electron chi connectivity index (χ1n) is 5.77. The molecule has 2 rings (SSSR count). The van der Waals surface area contributed by atoms with Crippen LogP contribution in [0.1, 0.15) is 10.7 Å². The Hall–Kier alpha value is -1.75. The molecule has 1 aromatic carbocycles. The molecule has 0 saturated carbocycles. The van der Waals surface area contributed by atoms with Gasteiger partial charge in [-0.05, 0) is 19.1 Å². The van der Waals surface area contributed by atoms with E-state index < -0.39 is 0 Å². The zero-order valence-electron chi connectivity index (χ0n) is 10.6. The van der Waals surface area contributed by atoms with Gasteiger partial charge in [0.1, 0.15) is 5.75 Å². The van der Waals surface area contributed by atoms with Crippen molar-refractivity contribution in [3.8, 4) is 5.75 Å². The third kappa shape index (κ3) is 3.13. The van der Waals surface area contributed by atoms with Gasteiger partial charge in [0.2, 0.25) is 0 Å². The SMILES string of the molecule is COc1cc(NCCc2csc(C)n2)ccc1N. The molecule has 1 aromatic heterocycles. The quantitative estimate of drug-likeness (QED) is 0.814. The third-order valence-corrected chi connectivity index (χ3v) is 3.43. The monoisotopic (exact) mass is 263 g/mol. The summed E-state index contributed by atoms with van der Waals surface area (Å²) >= 11 is 1.68. The molecule has 0 aliphatic carbocycles. The predicted molar refractivity (Wildman–Crippen MR) is 76.5 cm³/mol. The van der Waals surface area contributed by atoms with Crippen molar-refractivity contribution in [1.29, 1.82) is 0 Å². The van der Waals surface area contributed by atoms with Gasteiger partial charge in [0, 0.05) is 30.1 Å². The van der Waals surface area contributed by atoms with Gasteiger partial charge in [-0.1, -0.05) is 0 Å². The molecule has 0 unspecified atom stereocenters. The molecule has 3 N–H and O–H groups in total. The number of nitrogens with two attached hydrogens (primary N) is 1. The van der Waals surface area contributed by atoms with Crippen LogP contribution in [0.2, 0.25) is 0 Å². The lowest BCUT2D eigenvalue weighted by Crippen LogP contribution is -2.05. The number of aryl methyl sites for hydroxylation is 1. The average Bonchev–Trinajstić information content (AvgIpc) is 2.77. The van der Waals surface area contributed by atoms with E-state index in [0.29, 0.717) is 11.4 Å².